The van der Waals surface area contributed by atoms with Gasteiger partial charge in [-0.15, -0.1) is 0 Å². The maximum Gasteiger partial charge on any atom is 0.266 e. The molecule has 29 heavy (non-hydrogen) atoms. The number of hydrogen-bond acceptors (Lipinski definition) is 4. The number of rotatable bonds is 4. The van der Waals surface area contributed by atoms with E-state index in [0.717, 1.165) is 4.47 Å². The monoisotopic (exact) mass is 448 g/mol. The number of fused-ring (bicyclic) bond motifs is 1. The maximum absolute atomic E-state index is 13.3. The van der Waals surface area contributed by atoms with E-state index < -0.39 is 0 Å². The molecule has 1 N–H and O–H groups in total. The van der Waals surface area contributed by atoms with E-state index in [4.69, 9.17) is 4.74 Å². The molecule has 0 spiro atoms. The van der Waals surface area contributed by atoms with E-state index in [1.807, 2.05) is 30.3 Å². The van der Waals surface area contributed by atoms with Gasteiger partial charge < -0.3 is 9.84 Å². The number of nitrogens with zero attached hydrogens (tertiary/aromatic N) is 2. The fourth-order valence-corrected chi connectivity index (χ4v) is 3.46. The van der Waals surface area contributed by atoms with Gasteiger partial charge in [0, 0.05) is 16.1 Å². The molecule has 144 valence electrons. The van der Waals surface area contributed by atoms with Crippen molar-refractivity contribution in [2.45, 2.75) is 0 Å². The van der Waals surface area contributed by atoms with Crippen molar-refractivity contribution in [3.05, 3.63) is 92.9 Å². The Balaban J connectivity index is 1.95. The summed E-state index contributed by atoms with van der Waals surface area (Å²) in [6.45, 7) is 0. The van der Waals surface area contributed by atoms with Crippen LogP contribution in [0.15, 0.2) is 76.0 Å². The van der Waals surface area contributed by atoms with Crippen LogP contribution in [0.2, 0.25) is 0 Å². The number of halogens is 1. The summed E-state index contributed by atoms with van der Waals surface area (Å²) in [4.78, 5) is 18.0. The third-order valence-corrected chi connectivity index (χ3v) is 5.01. The highest BCUT2D eigenvalue weighted by Crippen LogP contribution is 2.24. The lowest BCUT2D eigenvalue weighted by molar-refractivity contribution is 0.414. The Labute approximate surface area is 175 Å². The minimum Gasteiger partial charge on any atom is -0.507 e. The van der Waals surface area contributed by atoms with Crippen LogP contribution in [0.25, 0.3) is 28.7 Å². The third-order valence-electron chi connectivity index (χ3n) is 4.51. The van der Waals surface area contributed by atoms with Crippen molar-refractivity contribution in [1.29, 1.82) is 0 Å². The molecule has 6 heteroatoms. The van der Waals surface area contributed by atoms with Crippen molar-refractivity contribution < 1.29 is 9.84 Å². The molecule has 0 bridgehead atoms. The van der Waals surface area contributed by atoms with Gasteiger partial charge in [0.05, 0.1) is 23.7 Å². The minimum atomic E-state index is -0.179. The van der Waals surface area contributed by atoms with Gasteiger partial charge in [-0.05, 0) is 54.6 Å². The molecule has 0 amide bonds. The summed E-state index contributed by atoms with van der Waals surface area (Å²) in [5, 5.41) is 10.6. The summed E-state index contributed by atoms with van der Waals surface area (Å²) in [5.41, 5.74) is 1.68. The molecule has 3 aromatic carbocycles. The zero-order valence-electron chi connectivity index (χ0n) is 15.5. The minimum absolute atomic E-state index is 0.139. The van der Waals surface area contributed by atoms with Crippen LogP contribution < -0.4 is 10.3 Å². The number of phenolic OH excluding ortho intramolecular Hbond substituents is 1. The van der Waals surface area contributed by atoms with E-state index in [2.05, 4.69) is 20.9 Å². The maximum atomic E-state index is 13.3. The molecule has 0 saturated heterocycles. The van der Waals surface area contributed by atoms with Crippen LogP contribution >= 0.6 is 15.9 Å². The van der Waals surface area contributed by atoms with Crippen LogP contribution in [-0.2, 0) is 0 Å². The van der Waals surface area contributed by atoms with Gasteiger partial charge in [-0.1, -0.05) is 34.1 Å². The number of methoxy groups -OCH3 is 1. The summed E-state index contributed by atoms with van der Waals surface area (Å²) < 4.78 is 7.69. The van der Waals surface area contributed by atoms with Crippen molar-refractivity contribution in [3.8, 4) is 17.2 Å². The molecule has 4 rings (SSSR count). The Morgan fingerprint density at radius 1 is 1.03 bits per heavy atom. The third kappa shape index (κ3) is 3.79. The quantitative estimate of drug-likeness (QED) is 0.475. The second kappa shape index (κ2) is 7.93. The van der Waals surface area contributed by atoms with E-state index in [1.54, 1.807) is 55.7 Å². The van der Waals surface area contributed by atoms with Crippen molar-refractivity contribution in [2.75, 3.05) is 7.11 Å². The molecular formula is C23H17BrN2O3. The van der Waals surface area contributed by atoms with Gasteiger partial charge in [-0.25, -0.2) is 4.98 Å². The van der Waals surface area contributed by atoms with Gasteiger partial charge >= 0.3 is 0 Å². The average Bonchev–Trinajstić information content (AvgIpc) is 2.74. The molecule has 1 aromatic heterocycles. The van der Waals surface area contributed by atoms with Gasteiger partial charge in [0.25, 0.3) is 5.56 Å². The van der Waals surface area contributed by atoms with Crippen LogP contribution in [-0.4, -0.2) is 21.8 Å². The fraction of sp³-hybridized carbons (Fsp3) is 0.0435. The molecule has 4 aromatic rings. The second-order valence-electron chi connectivity index (χ2n) is 6.37. The molecule has 0 aliphatic carbocycles. The molecule has 0 aliphatic rings. The highest BCUT2D eigenvalue weighted by Gasteiger charge is 2.12. The molecule has 5 nitrogen and oxygen atoms in total. The lowest BCUT2D eigenvalue weighted by Crippen LogP contribution is -2.22. The largest absolute Gasteiger partial charge is 0.507 e. The summed E-state index contributed by atoms with van der Waals surface area (Å²) in [6, 6.07) is 19.6. The fourth-order valence-electron chi connectivity index (χ4n) is 3.08. The van der Waals surface area contributed by atoms with Crippen LogP contribution in [0.5, 0.6) is 11.5 Å². The molecule has 0 radical (unpaired) electrons. The number of hydrogen-bond donors (Lipinski definition) is 1. The topological polar surface area (TPSA) is 64.3 Å². The highest BCUT2D eigenvalue weighted by atomic mass is 79.9. The molecule has 0 unspecified atom stereocenters. The lowest BCUT2D eigenvalue weighted by Gasteiger charge is -2.12. The number of benzene rings is 3. The van der Waals surface area contributed by atoms with Crippen LogP contribution in [0.4, 0.5) is 0 Å². The zero-order valence-corrected chi connectivity index (χ0v) is 17.1. The zero-order chi connectivity index (χ0) is 20.4. The number of para-hydroxylation sites is 1. The number of ether oxygens (including phenoxy) is 1. The summed E-state index contributed by atoms with van der Waals surface area (Å²) in [6.07, 6.45) is 3.45. The van der Waals surface area contributed by atoms with Crippen LogP contribution in [0.1, 0.15) is 11.4 Å². The molecule has 1 heterocycles. The Bertz CT molecular complexity index is 1300. The first-order valence-electron chi connectivity index (χ1n) is 8.89. The van der Waals surface area contributed by atoms with Crippen molar-refractivity contribution in [3.63, 3.8) is 0 Å². The first-order chi connectivity index (χ1) is 14.1. The standard InChI is InChI=1S/C23H17BrN2O3/c1-29-18-6-4-5-17(14-18)26-22(12-9-15-13-16(24)10-11-21(15)27)25-20-8-3-2-7-19(20)23(26)28/h2-14,27H,1H3. The van der Waals surface area contributed by atoms with E-state index >= 15 is 0 Å². The van der Waals surface area contributed by atoms with Crippen molar-refractivity contribution >= 4 is 39.0 Å². The second-order valence-corrected chi connectivity index (χ2v) is 7.28. The molecule has 0 atom stereocenters. The molecule has 0 saturated carbocycles. The highest BCUT2D eigenvalue weighted by molar-refractivity contribution is 9.10. The SMILES string of the molecule is COc1cccc(-n2c(C=Cc3cc(Br)ccc3O)nc3ccccc3c2=O)c1. The Kier molecular flexibility index (Phi) is 5.18. The number of phenols is 1. The van der Waals surface area contributed by atoms with Gasteiger partial charge in [0.2, 0.25) is 0 Å². The van der Waals surface area contributed by atoms with Gasteiger partial charge in [-0.3, -0.25) is 9.36 Å². The molecular weight excluding hydrogens is 432 g/mol. The van der Waals surface area contributed by atoms with E-state index in [0.29, 0.717) is 33.7 Å². The molecule has 0 aliphatic heterocycles. The lowest BCUT2D eigenvalue weighted by atomic mass is 10.1. The van der Waals surface area contributed by atoms with E-state index in [9.17, 15) is 9.90 Å². The summed E-state index contributed by atoms with van der Waals surface area (Å²) in [5.74, 6) is 1.23. The normalized spacial score (nSPS) is 11.2. The predicted octanol–water partition coefficient (Wildman–Crippen LogP) is 5.03. The Hall–Kier alpha value is -3.38. The Morgan fingerprint density at radius 3 is 2.69 bits per heavy atom. The van der Waals surface area contributed by atoms with Gasteiger partial charge in [0.15, 0.2) is 0 Å². The number of aromatic nitrogens is 2. The first-order valence-corrected chi connectivity index (χ1v) is 9.69. The van der Waals surface area contributed by atoms with Gasteiger partial charge in [-0.2, -0.15) is 0 Å². The van der Waals surface area contributed by atoms with Gasteiger partial charge in [0.1, 0.15) is 17.3 Å². The smallest absolute Gasteiger partial charge is 0.266 e. The average molecular weight is 449 g/mol. The molecule has 0 fully saturated rings. The van der Waals surface area contributed by atoms with Crippen molar-refractivity contribution in [1.82, 2.24) is 9.55 Å². The van der Waals surface area contributed by atoms with Crippen LogP contribution in [0, 0.1) is 0 Å². The Morgan fingerprint density at radius 2 is 1.86 bits per heavy atom. The predicted molar refractivity (Wildman–Crippen MR) is 119 cm³/mol. The van der Waals surface area contributed by atoms with Crippen LogP contribution in [0.3, 0.4) is 0 Å². The number of aromatic hydroxyl groups is 1. The van der Waals surface area contributed by atoms with E-state index in [1.165, 1.54) is 4.57 Å². The van der Waals surface area contributed by atoms with Crippen molar-refractivity contribution in [2.24, 2.45) is 0 Å². The van der Waals surface area contributed by atoms with E-state index in [-0.39, 0.29) is 11.3 Å². The summed E-state index contributed by atoms with van der Waals surface area (Å²) >= 11 is 3.40. The first kappa shape index (κ1) is 19.0. The summed E-state index contributed by atoms with van der Waals surface area (Å²) in [7, 11) is 1.58.